The SMILES string of the molecule is CCSCC(C)NC(c1ccc(F)cc1)C1CC1. The monoisotopic (exact) mass is 267 g/mol. The van der Waals surface area contributed by atoms with Gasteiger partial charge in [0.25, 0.3) is 0 Å². The zero-order valence-corrected chi connectivity index (χ0v) is 12.0. The predicted molar refractivity (Wildman–Crippen MR) is 77.5 cm³/mol. The van der Waals surface area contributed by atoms with Crippen molar-refractivity contribution in [2.75, 3.05) is 11.5 Å². The van der Waals surface area contributed by atoms with Crippen molar-refractivity contribution in [3.05, 3.63) is 35.6 Å². The van der Waals surface area contributed by atoms with Gasteiger partial charge in [-0.3, -0.25) is 0 Å². The number of hydrogen-bond donors (Lipinski definition) is 1. The van der Waals surface area contributed by atoms with Crippen molar-refractivity contribution in [2.45, 2.75) is 38.8 Å². The summed E-state index contributed by atoms with van der Waals surface area (Å²) >= 11 is 1.97. The van der Waals surface area contributed by atoms with E-state index in [1.807, 2.05) is 23.9 Å². The zero-order chi connectivity index (χ0) is 13.0. The second kappa shape index (κ2) is 6.58. The summed E-state index contributed by atoms with van der Waals surface area (Å²) in [6, 6.07) is 7.88. The van der Waals surface area contributed by atoms with Crippen LogP contribution in [-0.4, -0.2) is 17.5 Å². The molecule has 1 aliphatic carbocycles. The molecule has 2 unspecified atom stereocenters. The lowest BCUT2D eigenvalue weighted by atomic mass is 10.0. The molecule has 3 heteroatoms. The molecule has 1 N–H and O–H groups in total. The molecule has 0 saturated heterocycles. The molecule has 0 aromatic heterocycles. The molecule has 18 heavy (non-hydrogen) atoms. The highest BCUT2D eigenvalue weighted by atomic mass is 32.2. The van der Waals surface area contributed by atoms with Gasteiger partial charge in [0, 0.05) is 17.8 Å². The van der Waals surface area contributed by atoms with E-state index in [1.54, 1.807) is 12.1 Å². The zero-order valence-electron chi connectivity index (χ0n) is 11.2. The second-order valence-electron chi connectivity index (χ2n) is 5.09. The van der Waals surface area contributed by atoms with E-state index in [0.717, 1.165) is 17.4 Å². The van der Waals surface area contributed by atoms with Gasteiger partial charge in [-0.15, -0.1) is 0 Å². The molecule has 1 aromatic carbocycles. The Hall–Kier alpha value is -0.540. The number of nitrogens with one attached hydrogen (secondary N) is 1. The summed E-state index contributed by atoms with van der Waals surface area (Å²) in [7, 11) is 0. The van der Waals surface area contributed by atoms with Crippen LogP contribution >= 0.6 is 11.8 Å². The van der Waals surface area contributed by atoms with Gasteiger partial charge in [-0.1, -0.05) is 19.1 Å². The van der Waals surface area contributed by atoms with E-state index in [1.165, 1.54) is 18.4 Å². The van der Waals surface area contributed by atoms with Crippen molar-refractivity contribution >= 4 is 11.8 Å². The lowest BCUT2D eigenvalue weighted by Crippen LogP contribution is -2.33. The molecule has 0 aliphatic heterocycles. The van der Waals surface area contributed by atoms with Crippen LogP contribution in [0.5, 0.6) is 0 Å². The molecule has 0 heterocycles. The Bertz CT molecular complexity index is 361. The summed E-state index contributed by atoms with van der Waals surface area (Å²) in [5.74, 6) is 2.89. The van der Waals surface area contributed by atoms with Gasteiger partial charge in [0.2, 0.25) is 0 Å². The minimum atomic E-state index is -0.150. The number of thioether (sulfide) groups is 1. The molecular weight excluding hydrogens is 245 g/mol. The van der Waals surface area contributed by atoms with Crippen LogP contribution in [0.15, 0.2) is 24.3 Å². The smallest absolute Gasteiger partial charge is 0.123 e. The molecule has 1 aliphatic rings. The Morgan fingerprint density at radius 1 is 1.33 bits per heavy atom. The fourth-order valence-corrected chi connectivity index (χ4v) is 2.94. The van der Waals surface area contributed by atoms with Gasteiger partial charge in [-0.05, 0) is 49.1 Å². The molecule has 0 amide bonds. The van der Waals surface area contributed by atoms with E-state index in [2.05, 4.69) is 19.2 Å². The van der Waals surface area contributed by atoms with Crippen LogP contribution in [0.4, 0.5) is 4.39 Å². The summed E-state index contributed by atoms with van der Waals surface area (Å²) in [5.41, 5.74) is 1.23. The van der Waals surface area contributed by atoms with Gasteiger partial charge in [0.1, 0.15) is 5.82 Å². The summed E-state index contributed by atoms with van der Waals surface area (Å²) in [4.78, 5) is 0. The maximum Gasteiger partial charge on any atom is 0.123 e. The quantitative estimate of drug-likeness (QED) is 0.801. The Morgan fingerprint density at radius 3 is 2.56 bits per heavy atom. The van der Waals surface area contributed by atoms with Gasteiger partial charge < -0.3 is 5.32 Å². The first kappa shape index (κ1) is 13.9. The molecule has 1 aromatic rings. The van der Waals surface area contributed by atoms with Crippen LogP contribution in [0.2, 0.25) is 0 Å². The Morgan fingerprint density at radius 2 is 2.00 bits per heavy atom. The molecule has 1 saturated carbocycles. The molecule has 0 bridgehead atoms. The fourth-order valence-electron chi connectivity index (χ4n) is 2.25. The summed E-state index contributed by atoms with van der Waals surface area (Å²) in [6.07, 6.45) is 2.59. The average molecular weight is 267 g/mol. The van der Waals surface area contributed by atoms with Crippen LogP contribution < -0.4 is 5.32 Å². The molecule has 100 valence electrons. The normalized spacial score (nSPS) is 18.6. The number of rotatable bonds is 7. The van der Waals surface area contributed by atoms with Crippen LogP contribution in [0.1, 0.15) is 38.3 Å². The molecule has 1 fully saturated rings. The molecule has 0 spiro atoms. The van der Waals surface area contributed by atoms with E-state index in [4.69, 9.17) is 0 Å². The van der Waals surface area contributed by atoms with E-state index in [-0.39, 0.29) is 5.82 Å². The lowest BCUT2D eigenvalue weighted by Gasteiger charge is -2.23. The standard InChI is InChI=1S/C15H22FNS/c1-3-18-10-11(2)17-15(12-4-5-12)13-6-8-14(16)9-7-13/h6-9,11-12,15,17H,3-5,10H2,1-2H3. The molecule has 1 nitrogen and oxygen atoms in total. The highest BCUT2D eigenvalue weighted by Crippen LogP contribution is 2.41. The summed E-state index contributed by atoms with van der Waals surface area (Å²) < 4.78 is 13.0. The molecule has 2 rings (SSSR count). The topological polar surface area (TPSA) is 12.0 Å². The third-order valence-electron chi connectivity index (χ3n) is 3.36. The predicted octanol–water partition coefficient (Wildman–Crippen LogP) is 4.01. The average Bonchev–Trinajstić information content (AvgIpc) is 3.19. The minimum Gasteiger partial charge on any atom is -0.306 e. The summed E-state index contributed by atoms with van der Waals surface area (Å²) in [6.45, 7) is 4.43. The molecular formula is C15H22FNS. The van der Waals surface area contributed by atoms with Crippen molar-refractivity contribution in [1.29, 1.82) is 0 Å². The highest BCUT2D eigenvalue weighted by Gasteiger charge is 2.32. The second-order valence-corrected chi connectivity index (χ2v) is 6.41. The van der Waals surface area contributed by atoms with Gasteiger partial charge in [0.15, 0.2) is 0 Å². The first-order valence-electron chi connectivity index (χ1n) is 6.80. The first-order valence-corrected chi connectivity index (χ1v) is 7.95. The van der Waals surface area contributed by atoms with Gasteiger partial charge in [-0.25, -0.2) is 4.39 Å². The number of halogens is 1. The van der Waals surface area contributed by atoms with Crippen molar-refractivity contribution in [2.24, 2.45) is 5.92 Å². The fraction of sp³-hybridized carbons (Fsp3) is 0.600. The third kappa shape index (κ3) is 3.99. The molecule has 0 radical (unpaired) electrons. The van der Waals surface area contributed by atoms with Crippen molar-refractivity contribution < 1.29 is 4.39 Å². The number of hydrogen-bond acceptors (Lipinski definition) is 2. The van der Waals surface area contributed by atoms with Crippen molar-refractivity contribution in [3.8, 4) is 0 Å². The highest BCUT2D eigenvalue weighted by molar-refractivity contribution is 7.99. The van der Waals surface area contributed by atoms with Gasteiger partial charge >= 0.3 is 0 Å². The van der Waals surface area contributed by atoms with E-state index in [9.17, 15) is 4.39 Å². The first-order chi connectivity index (χ1) is 8.70. The van der Waals surface area contributed by atoms with Gasteiger partial charge in [0.05, 0.1) is 0 Å². The van der Waals surface area contributed by atoms with E-state index >= 15 is 0 Å². The maximum absolute atomic E-state index is 13.0. The van der Waals surface area contributed by atoms with Gasteiger partial charge in [-0.2, -0.15) is 11.8 Å². The van der Waals surface area contributed by atoms with E-state index < -0.39 is 0 Å². The third-order valence-corrected chi connectivity index (χ3v) is 4.50. The lowest BCUT2D eigenvalue weighted by molar-refractivity contribution is 0.439. The largest absolute Gasteiger partial charge is 0.306 e. The number of benzene rings is 1. The maximum atomic E-state index is 13.0. The molecule has 2 atom stereocenters. The van der Waals surface area contributed by atoms with Crippen LogP contribution in [0.25, 0.3) is 0 Å². The van der Waals surface area contributed by atoms with Crippen LogP contribution in [0, 0.1) is 11.7 Å². The Labute approximate surface area is 114 Å². The Balaban J connectivity index is 1.97. The Kier molecular flexibility index (Phi) is 5.07. The van der Waals surface area contributed by atoms with Crippen LogP contribution in [-0.2, 0) is 0 Å². The van der Waals surface area contributed by atoms with Crippen molar-refractivity contribution in [3.63, 3.8) is 0 Å². The summed E-state index contributed by atoms with van der Waals surface area (Å²) in [5, 5.41) is 3.71. The van der Waals surface area contributed by atoms with Crippen LogP contribution in [0.3, 0.4) is 0 Å². The minimum absolute atomic E-state index is 0.150. The van der Waals surface area contributed by atoms with Crippen molar-refractivity contribution in [1.82, 2.24) is 5.32 Å². The van der Waals surface area contributed by atoms with E-state index in [0.29, 0.717) is 12.1 Å².